The minimum Gasteiger partial charge on any atom is -0.390 e. The van der Waals surface area contributed by atoms with Gasteiger partial charge in [-0.15, -0.1) is 0 Å². The Balaban J connectivity index is 2.06. The maximum Gasteiger partial charge on any atom is 0.229 e. The van der Waals surface area contributed by atoms with Gasteiger partial charge < -0.3 is 14.4 Å². The van der Waals surface area contributed by atoms with E-state index in [2.05, 4.69) is 20.1 Å². The second kappa shape index (κ2) is 5.46. The molecule has 0 radical (unpaired) electrons. The van der Waals surface area contributed by atoms with Gasteiger partial charge in [-0.25, -0.2) is 9.97 Å². The van der Waals surface area contributed by atoms with Gasteiger partial charge in [-0.05, 0) is 6.07 Å². The third kappa shape index (κ3) is 3.05. The highest BCUT2D eigenvalue weighted by molar-refractivity contribution is 5.46. The first-order valence-electron chi connectivity index (χ1n) is 5.05. The molecule has 90 valence electrons. The number of hydrogen-bond donors (Lipinski definition) is 1. The van der Waals surface area contributed by atoms with Crippen LogP contribution in [0.4, 0.5) is 0 Å². The average Bonchev–Trinajstić information content (AvgIpc) is 2.79. The maximum absolute atomic E-state index is 9.50. The van der Waals surface area contributed by atoms with Gasteiger partial charge >= 0.3 is 0 Å². The SMILES string of the molecule is COCC(O)Cc1nc(-c2ccncn2)no1. The van der Waals surface area contributed by atoms with E-state index in [4.69, 9.17) is 9.26 Å². The fourth-order valence-electron chi connectivity index (χ4n) is 1.32. The molecule has 17 heavy (non-hydrogen) atoms. The quantitative estimate of drug-likeness (QED) is 0.785. The summed E-state index contributed by atoms with van der Waals surface area (Å²) in [6.45, 7) is 0.227. The summed E-state index contributed by atoms with van der Waals surface area (Å²) in [5.74, 6) is 0.732. The summed E-state index contributed by atoms with van der Waals surface area (Å²) >= 11 is 0. The van der Waals surface area contributed by atoms with E-state index in [1.54, 1.807) is 12.3 Å². The molecule has 2 aromatic rings. The fourth-order valence-corrected chi connectivity index (χ4v) is 1.32. The zero-order valence-corrected chi connectivity index (χ0v) is 9.28. The molecule has 2 rings (SSSR count). The van der Waals surface area contributed by atoms with Crippen LogP contribution in [-0.4, -0.2) is 45.0 Å². The Morgan fingerprint density at radius 1 is 1.53 bits per heavy atom. The Morgan fingerprint density at radius 2 is 2.41 bits per heavy atom. The molecular weight excluding hydrogens is 224 g/mol. The van der Waals surface area contributed by atoms with Crippen LogP contribution in [0.15, 0.2) is 23.1 Å². The zero-order valence-electron chi connectivity index (χ0n) is 9.28. The Kier molecular flexibility index (Phi) is 3.73. The van der Waals surface area contributed by atoms with Gasteiger partial charge in [0.2, 0.25) is 11.7 Å². The van der Waals surface area contributed by atoms with Gasteiger partial charge in [-0.1, -0.05) is 5.16 Å². The highest BCUT2D eigenvalue weighted by Crippen LogP contribution is 2.12. The van der Waals surface area contributed by atoms with Crippen LogP contribution in [-0.2, 0) is 11.2 Å². The predicted octanol–water partition coefficient (Wildman–Crippen LogP) is 0.0764. The highest BCUT2D eigenvalue weighted by Gasteiger charge is 2.13. The normalized spacial score (nSPS) is 12.6. The van der Waals surface area contributed by atoms with Crippen LogP contribution in [0, 0.1) is 0 Å². The molecule has 0 aromatic carbocycles. The van der Waals surface area contributed by atoms with E-state index >= 15 is 0 Å². The second-order valence-corrected chi connectivity index (χ2v) is 3.42. The first kappa shape index (κ1) is 11.6. The molecule has 0 saturated heterocycles. The molecule has 0 spiro atoms. The van der Waals surface area contributed by atoms with Gasteiger partial charge in [0.1, 0.15) is 12.0 Å². The summed E-state index contributed by atoms with van der Waals surface area (Å²) < 4.78 is 9.81. The molecule has 0 bridgehead atoms. The molecule has 2 aromatic heterocycles. The van der Waals surface area contributed by atoms with Crippen molar-refractivity contribution in [3.63, 3.8) is 0 Å². The molecule has 0 saturated carbocycles. The summed E-state index contributed by atoms with van der Waals surface area (Å²) in [6, 6.07) is 1.68. The van der Waals surface area contributed by atoms with Crippen LogP contribution in [0.3, 0.4) is 0 Å². The van der Waals surface area contributed by atoms with Crippen molar-refractivity contribution in [1.29, 1.82) is 0 Å². The molecule has 1 unspecified atom stereocenters. The number of ether oxygens (including phenoxy) is 1. The number of rotatable bonds is 5. The topological polar surface area (TPSA) is 94.2 Å². The second-order valence-electron chi connectivity index (χ2n) is 3.42. The lowest BCUT2D eigenvalue weighted by atomic mass is 10.3. The van der Waals surface area contributed by atoms with Crippen molar-refractivity contribution in [2.45, 2.75) is 12.5 Å². The summed E-state index contributed by atoms with van der Waals surface area (Å²) in [5.41, 5.74) is 0.580. The molecule has 0 fully saturated rings. The largest absolute Gasteiger partial charge is 0.390 e. The lowest BCUT2D eigenvalue weighted by Gasteiger charge is -2.04. The van der Waals surface area contributed by atoms with Crippen molar-refractivity contribution < 1.29 is 14.4 Å². The minimum absolute atomic E-state index is 0.227. The Bertz CT molecular complexity index is 460. The molecule has 0 amide bonds. The van der Waals surface area contributed by atoms with Gasteiger partial charge in [0.15, 0.2) is 0 Å². The fraction of sp³-hybridized carbons (Fsp3) is 0.400. The van der Waals surface area contributed by atoms with Crippen molar-refractivity contribution in [3.05, 3.63) is 24.5 Å². The summed E-state index contributed by atoms with van der Waals surface area (Å²) in [6.07, 6.45) is 2.61. The number of hydrogen-bond acceptors (Lipinski definition) is 7. The number of aromatic nitrogens is 4. The van der Waals surface area contributed by atoms with Crippen molar-refractivity contribution in [1.82, 2.24) is 20.1 Å². The Hall–Kier alpha value is -1.86. The smallest absolute Gasteiger partial charge is 0.229 e. The zero-order chi connectivity index (χ0) is 12.1. The van der Waals surface area contributed by atoms with Crippen LogP contribution in [0.25, 0.3) is 11.5 Å². The van der Waals surface area contributed by atoms with Gasteiger partial charge in [0.25, 0.3) is 0 Å². The van der Waals surface area contributed by atoms with E-state index in [-0.39, 0.29) is 13.0 Å². The van der Waals surface area contributed by atoms with Crippen LogP contribution >= 0.6 is 0 Å². The van der Waals surface area contributed by atoms with Crippen molar-refractivity contribution in [2.75, 3.05) is 13.7 Å². The van der Waals surface area contributed by atoms with Crippen molar-refractivity contribution >= 4 is 0 Å². The van der Waals surface area contributed by atoms with E-state index in [0.717, 1.165) is 0 Å². The van der Waals surface area contributed by atoms with Gasteiger partial charge in [0.05, 0.1) is 19.1 Å². The maximum atomic E-state index is 9.50. The molecule has 1 N–H and O–H groups in total. The van der Waals surface area contributed by atoms with E-state index in [9.17, 15) is 5.11 Å². The van der Waals surface area contributed by atoms with Crippen LogP contribution in [0.2, 0.25) is 0 Å². The number of aliphatic hydroxyl groups is 1. The van der Waals surface area contributed by atoms with Crippen LogP contribution in [0.1, 0.15) is 5.89 Å². The van der Waals surface area contributed by atoms with Gasteiger partial charge in [-0.3, -0.25) is 0 Å². The summed E-state index contributed by atoms with van der Waals surface area (Å²) in [5, 5.41) is 13.3. The standard InChI is InChI=1S/C10H12N4O3/c1-16-5-7(15)4-9-13-10(14-17-9)8-2-3-11-6-12-8/h2-3,6-7,15H,4-5H2,1H3. The predicted molar refractivity (Wildman–Crippen MR) is 56.9 cm³/mol. The van der Waals surface area contributed by atoms with E-state index in [1.165, 1.54) is 13.4 Å². The molecule has 1 atom stereocenters. The molecule has 7 heteroatoms. The number of methoxy groups -OCH3 is 1. The van der Waals surface area contributed by atoms with E-state index in [0.29, 0.717) is 17.4 Å². The Morgan fingerprint density at radius 3 is 3.12 bits per heavy atom. The first-order chi connectivity index (χ1) is 8.29. The summed E-state index contributed by atoms with van der Waals surface area (Å²) in [4.78, 5) is 11.9. The molecular formula is C10H12N4O3. The molecule has 2 heterocycles. The third-order valence-corrected chi connectivity index (χ3v) is 2.05. The average molecular weight is 236 g/mol. The van der Waals surface area contributed by atoms with Crippen molar-refractivity contribution in [2.24, 2.45) is 0 Å². The van der Waals surface area contributed by atoms with E-state index in [1.807, 2.05) is 0 Å². The number of aliphatic hydroxyl groups excluding tert-OH is 1. The summed E-state index contributed by atoms with van der Waals surface area (Å²) in [7, 11) is 1.52. The van der Waals surface area contributed by atoms with Crippen LogP contribution < -0.4 is 0 Å². The van der Waals surface area contributed by atoms with E-state index < -0.39 is 6.10 Å². The monoisotopic (exact) mass is 236 g/mol. The van der Waals surface area contributed by atoms with Crippen molar-refractivity contribution in [3.8, 4) is 11.5 Å². The Labute approximate surface area is 97.5 Å². The van der Waals surface area contributed by atoms with Gasteiger partial charge in [0, 0.05) is 13.3 Å². The molecule has 0 aliphatic heterocycles. The minimum atomic E-state index is -0.654. The lowest BCUT2D eigenvalue weighted by molar-refractivity contribution is 0.0599. The molecule has 7 nitrogen and oxygen atoms in total. The van der Waals surface area contributed by atoms with Crippen LogP contribution in [0.5, 0.6) is 0 Å². The molecule has 0 aliphatic carbocycles. The van der Waals surface area contributed by atoms with Gasteiger partial charge in [-0.2, -0.15) is 4.98 Å². The third-order valence-electron chi connectivity index (χ3n) is 2.05. The first-order valence-corrected chi connectivity index (χ1v) is 5.05. The molecule has 0 aliphatic rings. The lowest BCUT2D eigenvalue weighted by Crippen LogP contribution is -2.17. The highest BCUT2D eigenvalue weighted by atomic mass is 16.5. The number of nitrogens with zero attached hydrogens (tertiary/aromatic N) is 4.